The van der Waals surface area contributed by atoms with Gasteiger partial charge in [-0.15, -0.1) is 0 Å². The summed E-state index contributed by atoms with van der Waals surface area (Å²) < 4.78 is 5.71. The molecular weight excluding hydrogens is 190 g/mol. The molecule has 1 aliphatic rings. The second-order valence-electron chi connectivity index (χ2n) is 4.18. The van der Waals surface area contributed by atoms with Crippen molar-refractivity contribution in [3.8, 4) is 0 Å². The molecule has 3 rings (SSSR count). The quantitative estimate of drug-likeness (QED) is 0.805. The van der Waals surface area contributed by atoms with E-state index in [2.05, 4.69) is 9.97 Å². The van der Waals surface area contributed by atoms with Crippen molar-refractivity contribution in [2.45, 2.75) is 24.7 Å². The predicted octanol–water partition coefficient (Wildman–Crippen LogP) is 1.60. The monoisotopic (exact) mass is 203 g/mol. The molecule has 4 nitrogen and oxygen atoms in total. The van der Waals surface area contributed by atoms with E-state index >= 15 is 0 Å². The van der Waals surface area contributed by atoms with Crippen molar-refractivity contribution in [2.75, 3.05) is 6.54 Å². The molecule has 1 fully saturated rings. The highest BCUT2D eigenvalue weighted by molar-refractivity contribution is 5.67. The van der Waals surface area contributed by atoms with Crippen LogP contribution in [0.3, 0.4) is 0 Å². The molecule has 0 spiro atoms. The first-order chi connectivity index (χ1) is 7.34. The molecular formula is C11H13N3O. The molecule has 4 heteroatoms. The van der Waals surface area contributed by atoms with Crippen molar-refractivity contribution < 1.29 is 4.42 Å². The minimum Gasteiger partial charge on any atom is -0.438 e. The van der Waals surface area contributed by atoms with Gasteiger partial charge < -0.3 is 10.2 Å². The summed E-state index contributed by atoms with van der Waals surface area (Å²) >= 11 is 0. The van der Waals surface area contributed by atoms with Crippen molar-refractivity contribution in [2.24, 2.45) is 5.73 Å². The molecule has 15 heavy (non-hydrogen) atoms. The Balaban J connectivity index is 2.11. The molecule has 2 heterocycles. The molecule has 0 radical (unpaired) electrons. The van der Waals surface area contributed by atoms with Crippen LogP contribution in [-0.2, 0) is 5.41 Å². The van der Waals surface area contributed by atoms with Crippen LogP contribution >= 0.6 is 0 Å². The zero-order chi connectivity index (χ0) is 10.3. The number of nitrogens with zero attached hydrogens (tertiary/aromatic N) is 2. The van der Waals surface area contributed by atoms with Crippen molar-refractivity contribution in [1.29, 1.82) is 0 Å². The third kappa shape index (κ3) is 1.18. The molecule has 0 saturated heterocycles. The number of hydrogen-bond donors (Lipinski definition) is 1. The van der Waals surface area contributed by atoms with Crippen molar-refractivity contribution >= 4 is 11.2 Å². The van der Waals surface area contributed by atoms with Gasteiger partial charge in [-0.3, -0.25) is 0 Å². The molecule has 0 atom stereocenters. The van der Waals surface area contributed by atoms with E-state index in [0.29, 0.717) is 12.2 Å². The van der Waals surface area contributed by atoms with Crippen LogP contribution in [0.25, 0.3) is 11.2 Å². The molecule has 1 saturated carbocycles. The lowest BCUT2D eigenvalue weighted by Crippen LogP contribution is -2.41. The second-order valence-corrected chi connectivity index (χ2v) is 4.18. The van der Waals surface area contributed by atoms with Gasteiger partial charge in [-0.2, -0.15) is 4.98 Å². The lowest BCUT2D eigenvalue weighted by molar-refractivity contribution is 0.203. The standard InChI is InChI=1S/C11H13N3O/c12-7-11(4-2-5-11)10-14-9-8(15-10)3-1-6-13-9/h1,3,6H,2,4-5,7,12H2. The Morgan fingerprint density at radius 2 is 2.33 bits per heavy atom. The van der Waals surface area contributed by atoms with Crippen LogP contribution in [0.1, 0.15) is 25.2 Å². The molecule has 0 unspecified atom stereocenters. The molecule has 2 aromatic rings. The Morgan fingerprint density at radius 1 is 1.47 bits per heavy atom. The van der Waals surface area contributed by atoms with Gasteiger partial charge in [-0.05, 0) is 25.0 Å². The topological polar surface area (TPSA) is 64.9 Å². The van der Waals surface area contributed by atoms with Gasteiger partial charge in [0.05, 0.1) is 5.41 Å². The first-order valence-corrected chi connectivity index (χ1v) is 5.26. The van der Waals surface area contributed by atoms with Gasteiger partial charge in [0.2, 0.25) is 5.89 Å². The Bertz CT molecular complexity index is 449. The Labute approximate surface area is 87.5 Å². The average molecular weight is 203 g/mol. The normalized spacial score (nSPS) is 19.0. The van der Waals surface area contributed by atoms with Crippen LogP contribution in [-0.4, -0.2) is 16.5 Å². The molecule has 1 aliphatic carbocycles. The summed E-state index contributed by atoms with van der Waals surface area (Å²) in [7, 11) is 0. The summed E-state index contributed by atoms with van der Waals surface area (Å²) in [6, 6.07) is 3.74. The summed E-state index contributed by atoms with van der Waals surface area (Å²) in [5.74, 6) is 0.768. The van der Waals surface area contributed by atoms with Crippen molar-refractivity contribution in [3.05, 3.63) is 24.2 Å². The highest BCUT2D eigenvalue weighted by Gasteiger charge is 2.42. The fourth-order valence-corrected chi connectivity index (χ4v) is 2.10. The number of nitrogens with two attached hydrogens (primary N) is 1. The van der Waals surface area contributed by atoms with E-state index in [0.717, 1.165) is 24.3 Å². The van der Waals surface area contributed by atoms with E-state index in [1.54, 1.807) is 6.20 Å². The molecule has 0 bridgehead atoms. The van der Waals surface area contributed by atoms with Gasteiger partial charge in [0.15, 0.2) is 11.2 Å². The van der Waals surface area contributed by atoms with Gasteiger partial charge in [0.25, 0.3) is 0 Å². The Kier molecular flexibility index (Phi) is 1.79. The van der Waals surface area contributed by atoms with Crippen molar-refractivity contribution in [1.82, 2.24) is 9.97 Å². The van der Waals surface area contributed by atoms with E-state index in [9.17, 15) is 0 Å². The Hall–Kier alpha value is -1.42. The van der Waals surface area contributed by atoms with E-state index in [1.807, 2.05) is 12.1 Å². The molecule has 2 N–H and O–H groups in total. The first kappa shape index (κ1) is 8.85. The number of pyridine rings is 1. The number of aromatic nitrogens is 2. The zero-order valence-electron chi connectivity index (χ0n) is 8.44. The van der Waals surface area contributed by atoms with Gasteiger partial charge in [-0.25, -0.2) is 4.98 Å². The second kappa shape index (κ2) is 3.03. The lowest BCUT2D eigenvalue weighted by Gasteiger charge is -2.37. The van der Waals surface area contributed by atoms with Crippen molar-refractivity contribution in [3.63, 3.8) is 0 Å². The zero-order valence-corrected chi connectivity index (χ0v) is 8.44. The summed E-state index contributed by atoms with van der Waals surface area (Å²) in [5, 5.41) is 0. The SMILES string of the molecule is NCC1(c2nc3ncccc3o2)CCC1. The summed E-state index contributed by atoms with van der Waals surface area (Å²) in [4.78, 5) is 8.58. The third-order valence-electron chi connectivity index (χ3n) is 3.32. The number of fused-ring (bicyclic) bond motifs is 1. The van der Waals surface area contributed by atoms with Gasteiger partial charge >= 0.3 is 0 Å². The molecule has 0 amide bonds. The first-order valence-electron chi connectivity index (χ1n) is 5.26. The minimum atomic E-state index is -0.0132. The van der Waals surface area contributed by atoms with E-state index in [1.165, 1.54) is 6.42 Å². The van der Waals surface area contributed by atoms with E-state index in [-0.39, 0.29) is 5.41 Å². The highest BCUT2D eigenvalue weighted by Crippen LogP contribution is 2.42. The lowest BCUT2D eigenvalue weighted by atomic mass is 9.69. The van der Waals surface area contributed by atoms with Crippen LogP contribution in [0.5, 0.6) is 0 Å². The average Bonchev–Trinajstić information content (AvgIpc) is 2.60. The third-order valence-corrected chi connectivity index (χ3v) is 3.32. The maximum absolute atomic E-state index is 5.80. The van der Waals surface area contributed by atoms with E-state index in [4.69, 9.17) is 10.2 Å². The largest absolute Gasteiger partial charge is 0.438 e. The Morgan fingerprint density at radius 3 is 2.93 bits per heavy atom. The summed E-state index contributed by atoms with van der Waals surface area (Å²) in [6.07, 6.45) is 5.10. The smallest absolute Gasteiger partial charge is 0.204 e. The molecule has 0 aliphatic heterocycles. The molecule has 2 aromatic heterocycles. The minimum absolute atomic E-state index is 0.0132. The molecule has 78 valence electrons. The number of oxazole rings is 1. The van der Waals surface area contributed by atoms with Crippen LogP contribution in [0, 0.1) is 0 Å². The fraction of sp³-hybridized carbons (Fsp3) is 0.455. The number of hydrogen-bond acceptors (Lipinski definition) is 4. The van der Waals surface area contributed by atoms with E-state index < -0.39 is 0 Å². The van der Waals surface area contributed by atoms with Gasteiger partial charge in [-0.1, -0.05) is 6.42 Å². The van der Waals surface area contributed by atoms with Gasteiger partial charge in [0, 0.05) is 12.7 Å². The van der Waals surface area contributed by atoms with Crippen LogP contribution in [0.2, 0.25) is 0 Å². The summed E-state index contributed by atoms with van der Waals surface area (Å²) in [6.45, 7) is 0.611. The summed E-state index contributed by atoms with van der Waals surface area (Å²) in [5.41, 5.74) is 7.23. The van der Waals surface area contributed by atoms with Crippen LogP contribution in [0.4, 0.5) is 0 Å². The van der Waals surface area contributed by atoms with Crippen LogP contribution in [0.15, 0.2) is 22.7 Å². The highest BCUT2D eigenvalue weighted by atomic mass is 16.4. The molecule has 0 aromatic carbocycles. The predicted molar refractivity (Wildman–Crippen MR) is 56.4 cm³/mol. The van der Waals surface area contributed by atoms with Gasteiger partial charge in [0.1, 0.15) is 0 Å². The number of rotatable bonds is 2. The fourth-order valence-electron chi connectivity index (χ4n) is 2.10. The van der Waals surface area contributed by atoms with Crippen LogP contribution < -0.4 is 5.73 Å². The maximum atomic E-state index is 5.80. The maximum Gasteiger partial charge on any atom is 0.204 e.